The number of hydrogen-bond donors (Lipinski definition) is 1. The van der Waals surface area contributed by atoms with Gasteiger partial charge in [-0.25, -0.2) is 0 Å². The van der Waals surface area contributed by atoms with Gasteiger partial charge in [0.25, 0.3) is 0 Å². The van der Waals surface area contributed by atoms with Crippen LogP contribution in [0.2, 0.25) is 0 Å². The van der Waals surface area contributed by atoms with Crippen LogP contribution in [0.15, 0.2) is 18.2 Å². The summed E-state index contributed by atoms with van der Waals surface area (Å²) in [6.07, 6.45) is 1.18. The minimum Gasteiger partial charge on any atom is -0.316 e. The molecular formula is C11H14IN. The van der Waals surface area contributed by atoms with Gasteiger partial charge in [0, 0.05) is 10.1 Å². The van der Waals surface area contributed by atoms with E-state index >= 15 is 0 Å². The first-order valence-electron chi connectivity index (χ1n) is 4.76. The van der Waals surface area contributed by atoms with Crippen molar-refractivity contribution in [2.24, 2.45) is 0 Å². The molecule has 1 atom stereocenters. The highest BCUT2D eigenvalue weighted by atomic mass is 127. The molecule has 70 valence electrons. The van der Waals surface area contributed by atoms with Crippen LogP contribution in [0.3, 0.4) is 0 Å². The van der Waals surface area contributed by atoms with Crippen LogP contribution < -0.4 is 5.32 Å². The first-order chi connectivity index (χ1) is 6.27. The molecule has 0 radical (unpaired) electrons. The Morgan fingerprint density at radius 1 is 1.46 bits per heavy atom. The summed E-state index contributed by atoms with van der Waals surface area (Å²) in [6.45, 7) is 4.54. The van der Waals surface area contributed by atoms with Crippen molar-refractivity contribution in [1.29, 1.82) is 0 Å². The van der Waals surface area contributed by atoms with E-state index in [0.717, 1.165) is 13.1 Å². The minimum atomic E-state index is 0.659. The number of rotatable bonds is 0. The standard InChI is InChI=1S/C11H14IN/c1-8-7-13-5-4-9-2-3-10(12)6-11(8)9/h2-3,6,8,13H,4-5,7H2,1H3/t8-/m0/s1. The van der Waals surface area contributed by atoms with Gasteiger partial charge in [0.2, 0.25) is 0 Å². The number of nitrogens with one attached hydrogen (secondary N) is 1. The van der Waals surface area contributed by atoms with E-state index in [2.05, 4.69) is 53.0 Å². The molecule has 0 unspecified atom stereocenters. The summed E-state index contributed by atoms with van der Waals surface area (Å²) in [5.74, 6) is 0.659. The van der Waals surface area contributed by atoms with E-state index < -0.39 is 0 Å². The number of hydrogen-bond acceptors (Lipinski definition) is 1. The second-order valence-corrected chi connectivity index (χ2v) is 4.94. The lowest BCUT2D eigenvalue weighted by atomic mass is 9.96. The summed E-state index contributed by atoms with van der Waals surface area (Å²) in [5.41, 5.74) is 3.06. The van der Waals surface area contributed by atoms with Gasteiger partial charge in [-0.15, -0.1) is 0 Å². The molecule has 1 aromatic rings. The van der Waals surface area contributed by atoms with Gasteiger partial charge in [0.05, 0.1) is 0 Å². The summed E-state index contributed by atoms with van der Waals surface area (Å²) in [7, 11) is 0. The fraction of sp³-hybridized carbons (Fsp3) is 0.455. The van der Waals surface area contributed by atoms with E-state index in [1.165, 1.54) is 21.1 Å². The highest BCUT2D eigenvalue weighted by molar-refractivity contribution is 14.1. The minimum absolute atomic E-state index is 0.659. The molecule has 0 aliphatic carbocycles. The molecule has 2 heteroatoms. The zero-order valence-electron chi connectivity index (χ0n) is 7.81. The molecular weight excluding hydrogens is 273 g/mol. The Bertz CT molecular complexity index is 309. The van der Waals surface area contributed by atoms with Crippen molar-refractivity contribution in [3.63, 3.8) is 0 Å². The van der Waals surface area contributed by atoms with Crippen LogP contribution in [-0.4, -0.2) is 13.1 Å². The lowest BCUT2D eigenvalue weighted by molar-refractivity contribution is 0.644. The van der Waals surface area contributed by atoms with E-state index in [1.807, 2.05) is 0 Å². The summed E-state index contributed by atoms with van der Waals surface area (Å²) < 4.78 is 1.35. The third kappa shape index (κ3) is 2.05. The lowest BCUT2D eigenvalue weighted by Gasteiger charge is -2.12. The largest absolute Gasteiger partial charge is 0.316 e. The number of fused-ring (bicyclic) bond motifs is 1. The Balaban J connectivity index is 2.43. The Kier molecular flexibility index (Phi) is 2.89. The maximum Gasteiger partial charge on any atom is 0.0133 e. The monoisotopic (exact) mass is 287 g/mol. The second-order valence-electron chi connectivity index (χ2n) is 3.70. The van der Waals surface area contributed by atoms with Gasteiger partial charge in [-0.1, -0.05) is 13.0 Å². The maximum absolute atomic E-state index is 3.46. The maximum atomic E-state index is 3.46. The van der Waals surface area contributed by atoms with Gasteiger partial charge in [-0.3, -0.25) is 0 Å². The molecule has 1 nitrogen and oxygen atoms in total. The highest BCUT2D eigenvalue weighted by Crippen LogP contribution is 2.24. The topological polar surface area (TPSA) is 12.0 Å². The van der Waals surface area contributed by atoms with Crippen molar-refractivity contribution in [3.05, 3.63) is 32.9 Å². The summed E-state index contributed by atoms with van der Waals surface area (Å²) in [4.78, 5) is 0. The molecule has 0 aromatic heterocycles. The van der Waals surface area contributed by atoms with Crippen molar-refractivity contribution >= 4 is 22.6 Å². The Labute approximate surface area is 93.1 Å². The fourth-order valence-corrected chi connectivity index (χ4v) is 2.42. The van der Waals surface area contributed by atoms with E-state index in [1.54, 1.807) is 0 Å². The van der Waals surface area contributed by atoms with Gasteiger partial charge in [-0.05, 0) is 64.7 Å². The molecule has 1 aliphatic heterocycles. The molecule has 1 aliphatic rings. The van der Waals surface area contributed by atoms with E-state index in [4.69, 9.17) is 0 Å². The highest BCUT2D eigenvalue weighted by Gasteiger charge is 2.13. The third-order valence-corrected chi connectivity index (χ3v) is 3.33. The quantitative estimate of drug-likeness (QED) is 0.723. The van der Waals surface area contributed by atoms with Crippen molar-refractivity contribution < 1.29 is 0 Å². The molecule has 2 rings (SSSR count). The van der Waals surface area contributed by atoms with Crippen molar-refractivity contribution in [2.75, 3.05) is 13.1 Å². The lowest BCUT2D eigenvalue weighted by Crippen LogP contribution is -2.18. The molecule has 1 heterocycles. The zero-order valence-corrected chi connectivity index (χ0v) is 9.97. The predicted molar refractivity (Wildman–Crippen MR) is 64.1 cm³/mol. The number of halogens is 1. The van der Waals surface area contributed by atoms with Gasteiger partial charge < -0.3 is 5.32 Å². The van der Waals surface area contributed by atoms with Crippen molar-refractivity contribution in [2.45, 2.75) is 19.3 Å². The first-order valence-corrected chi connectivity index (χ1v) is 5.84. The molecule has 0 bridgehead atoms. The van der Waals surface area contributed by atoms with E-state index in [0.29, 0.717) is 5.92 Å². The van der Waals surface area contributed by atoms with Crippen LogP contribution in [0, 0.1) is 3.57 Å². The summed E-state index contributed by atoms with van der Waals surface area (Å²) in [6, 6.07) is 6.81. The van der Waals surface area contributed by atoms with Crippen LogP contribution in [0.25, 0.3) is 0 Å². The van der Waals surface area contributed by atoms with Crippen molar-refractivity contribution in [3.8, 4) is 0 Å². The second kappa shape index (κ2) is 3.96. The van der Waals surface area contributed by atoms with Crippen LogP contribution in [0.1, 0.15) is 24.0 Å². The summed E-state index contributed by atoms with van der Waals surface area (Å²) >= 11 is 2.39. The SMILES string of the molecule is C[C@H]1CNCCc2ccc(I)cc21. The van der Waals surface area contributed by atoms with Gasteiger partial charge in [-0.2, -0.15) is 0 Å². The Hall–Kier alpha value is -0.0900. The molecule has 0 saturated carbocycles. The Morgan fingerprint density at radius 2 is 2.31 bits per heavy atom. The fourth-order valence-electron chi connectivity index (χ4n) is 1.90. The molecule has 1 N–H and O–H groups in total. The average molecular weight is 287 g/mol. The normalized spacial score (nSPS) is 22.2. The van der Waals surface area contributed by atoms with E-state index in [9.17, 15) is 0 Å². The molecule has 0 saturated heterocycles. The van der Waals surface area contributed by atoms with Crippen molar-refractivity contribution in [1.82, 2.24) is 5.32 Å². The third-order valence-electron chi connectivity index (χ3n) is 2.66. The van der Waals surface area contributed by atoms with Crippen LogP contribution in [0.4, 0.5) is 0 Å². The molecule has 13 heavy (non-hydrogen) atoms. The van der Waals surface area contributed by atoms with Gasteiger partial charge >= 0.3 is 0 Å². The average Bonchev–Trinajstić information content (AvgIpc) is 2.29. The van der Waals surface area contributed by atoms with Gasteiger partial charge in [0.1, 0.15) is 0 Å². The smallest absolute Gasteiger partial charge is 0.0133 e. The van der Waals surface area contributed by atoms with Crippen LogP contribution in [0.5, 0.6) is 0 Å². The van der Waals surface area contributed by atoms with E-state index in [-0.39, 0.29) is 0 Å². The summed E-state index contributed by atoms with van der Waals surface area (Å²) in [5, 5.41) is 3.46. The van der Waals surface area contributed by atoms with Crippen LogP contribution >= 0.6 is 22.6 Å². The molecule has 0 spiro atoms. The first kappa shape index (κ1) is 9.46. The van der Waals surface area contributed by atoms with Gasteiger partial charge in [0.15, 0.2) is 0 Å². The van der Waals surface area contributed by atoms with Crippen LogP contribution in [-0.2, 0) is 6.42 Å². The molecule has 0 amide bonds. The molecule has 0 fully saturated rings. The zero-order chi connectivity index (χ0) is 9.26. The predicted octanol–water partition coefficient (Wildman–Crippen LogP) is 2.54. The number of benzene rings is 1. The molecule has 1 aromatic carbocycles. The Morgan fingerprint density at radius 3 is 3.15 bits per heavy atom.